The molecule has 28 heavy (non-hydrogen) atoms. The van der Waals surface area contributed by atoms with Gasteiger partial charge >= 0.3 is 0 Å². The molecule has 2 aliphatic carbocycles. The van der Waals surface area contributed by atoms with Crippen molar-refractivity contribution in [2.75, 3.05) is 0 Å². The minimum atomic E-state index is -1.18. The summed E-state index contributed by atoms with van der Waals surface area (Å²) in [5.74, 6) is -0.00941. The van der Waals surface area contributed by atoms with Crippen molar-refractivity contribution in [3.05, 3.63) is 64.8 Å². The molecule has 5 rings (SSSR count). The zero-order valence-corrected chi connectivity index (χ0v) is 15.7. The average molecular weight is 398 g/mol. The lowest BCUT2D eigenvalue weighted by Crippen LogP contribution is -2.36. The Bertz CT molecular complexity index is 1040. The van der Waals surface area contributed by atoms with E-state index >= 15 is 0 Å². The first-order valence-electron chi connectivity index (χ1n) is 9.35. The third kappa shape index (κ3) is 2.80. The molecule has 0 aliphatic heterocycles. The van der Waals surface area contributed by atoms with Crippen LogP contribution in [-0.2, 0) is 10.4 Å². The molecule has 144 valence electrons. The second kappa shape index (κ2) is 6.30. The number of amides is 1. The summed E-state index contributed by atoms with van der Waals surface area (Å²) in [6.07, 6.45) is 1.62. The number of halogens is 1. The Balaban J connectivity index is 1.29. The van der Waals surface area contributed by atoms with Gasteiger partial charge in [-0.3, -0.25) is 9.89 Å². The van der Waals surface area contributed by atoms with Gasteiger partial charge in [0, 0.05) is 16.5 Å². The summed E-state index contributed by atoms with van der Waals surface area (Å²) in [7, 11) is 0. The maximum atomic E-state index is 12.4. The van der Waals surface area contributed by atoms with Crippen molar-refractivity contribution in [1.29, 1.82) is 0 Å². The van der Waals surface area contributed by atoms with Crippen LogP contribution in [0.4, 0.5) is 0 Å². The molecule has 0 bridgehead atoms. The van der Waals surface area contributed by atoms with Crippen LogP contribution in [0.2, 0.25) is 5.02 Å². The minimum absolute atomic E-state index is 0.00911. The van der Waals surface area contributed by atoms with Crippen LogP contribution < -0.4 is 5.32 Å². The monoisotopic (exact) mass is 397 g/mol. The summed E-state index contributed by atoms with van der Waals surface area (Å²) in [6, 6.07) is 12.5. The van der Waals surface area contributed by atoms with Crippen LogP contribution in [0.3, 0.4) is 0 Å². The summed E-state index contributed by atoms with van der Waals surface area (Å²) >= 11 is 6.22. The van der Waals surface area contributed by atoms with Crippen LogP contribution in [-0.4, -0.2) is 32.4 Å². The van der Waals surface area contributed by atoms with Crippen molar-refractivity contribution in [3.63, 3.8) is 0 Å². The van der Waals surface area contributed by atoms with Crippen molar-refractivity contribution < 1.29 is 15.0 Å². The predicted molar refractivity (Wildman–Crippen MR) is 105 cm³/mol. The van der Waals surface area contributed by atoms with Gasteiger partial charge in [0.05, 0.1) is 17.3 Å². The molecule has 7 heteroatoms. The highest BCUT2D eigenvalue weighted by molar-refractivity contribution is 6.31. The second-order valence-electron chi connectivity index (χ2n) is 7.90. The second-order valence-corrected chi connectivity index (χ2v) is 8.34. The molecule has 5 atom stereocenters. The highest BCUT2D eigenvalue weighted by atomic mass is 35.5. The Hall–Kier alpha value is -2.41. The fourth-order valence-electron chi connectivity index (χ4n) is 4.73. The maximum absolute atomic E-state index is 12.4. The molecule has 2 aliphatic rings. The zero-order chi connectivity index (χ0) is 19.5. The molecule has 6 nitrogen and oxygen atoms in total. The van der Waals surface area contributed by atoms with E-state index in [0.717, 1.165) is 16.5 Å². The van der Waals surface area contributed by atoms with E-state index in [9.17, 15) is 15.0 Å². The molecule has 1 amide bonds. The largest absolute Gasteiger partial charge is 0.385 e. The number of nitrogens with one attached hydrogen (secondary N) is 2. The molecule has 0 spiro atoms. The lowest BCUT2D eigenvalue weighted by Gasteiger charge is -2.27. The van der Waals surface area contributed by atoms with Crippen LogP contribution in [0.25, 0.3) is 10.9 Å². The minimum Gasteiger partial charge on any atom is -0.385 e. The number of rotatable bonds is 4. The SMILES string of the molecule is O=C(N[C@H]1[C@@H]2C[C@](O)(c3cc(Cl)cc4[nH]ncc34)C[C@@H]21)C(O)c1ccccc1. The number of carbonyl (C=O) groups excluding carboxylic acids is 1. The van der Waals surface area contributed by atoms with E-state index in [1.807, 2.05) is 6.07 Å². The first kappa shape index (κ1) is 17.7. The molecule has 2 saturated carbocycles. The van der Waals surface area contributed by atoms with Crippen LogP contribution in [0.15, 0.2) is 48.7 Å². The van der Waals surface area contributed by atoms with Gasteiger partial charge in [0.2, 0.25) is 0 Å². The lowest BCUT2D eigenvalue weighted by molar-refractivity contribution is -0.130. The van der Waals surface area contributed by atoms with Crippen LogP contribution in [0.1, 0.15) is 30.1 Å². The molecule has 3 aromatic rings. The van der Waals surface area contributed by atoms with E-state index in [2.05, 4.69) is 15.5 Å². The number of benzene rings is 2. The van der Waals surface area contributed by atoms with Gasteiger partial charge in [0.1, 0.15) is 0 Å². The van der Waals surface area contributed by atoms with E-state index < -0.39 is 17.6 Å². The van der Waals surface area contributed by atoms with Gasteiger partial charge in [-0.1, -0.05) is 41.9 Å². The maximum Gasteiger partial charge on any atom is 0.253 e. The number of fused-ring (bicyclic) bond motifs is 2. The molecule has 2 aromatic carbocycles. The van der Waals surface area contributed by atoms with Crippen molar-refractivity contribution in [1.82, 2.24) is 15.5 Å². The normalized spacial score (nSPS) is 29.5. The standard InChI is InChI=1S/C21H20ClN3O3/c22-12-6-16(15-10-23-25-17(15)7-12)21(28)8-13-14(9-21)18(13)24-20(27)19(26)11-4-2-1-3-5-11/h1-7,10,13-14,18-19,26,28H,8-9H2,(H,23,25)(H,24,27)/t13-,14+,18+,19?,21-. The Morgan fingerprint density at radius 3 is 2.68 bits per heavy atom. The number of H-pyrrole nitrogens is 1. The molecule has 2 fully saturated rings. The number of hydrogen-bond acceptors (Lipinski definition) is 4. The molecular weight excluding hydrogens is 378 g/mol. The number of hydrogen-bond donors (Lipinski definition) is 4. The first-order valence-corrected chi connectivity index (χ1v) is 9.73. The van der Waals surface area contributed by atoms with Crippen LogP contribution >= 0.6 is 11.6 Å². The van der Waals surface area contributed by atoms with Crippen molar-refractivity contribution in [2.24, 2.45) is 11.8 Å². The van der Waals surface area contributed by atoms with Gasteiger partial charge in [0.15, 0.2) is 6.10 Å². The van der Waals surface area contributed by atoms with Crippen molar-refractivity contribution >= 4 is 28.4 Å². The molecular formula is C21H20ClN3O3. The van der Waals surface area contributed by atoms with Gasteiger partial charge in [0.25, 0.3) is 5.91 Å². The van der Waals surface area contributed by atoms with Crippen molar-refractivity contribution in [2.45, 2.75) is 30.6 Å². The lowest BCUT2D eigenvalue weighted by atomic mass is 9.86. The topological polar surface area (TPSA) is 98.2 Å². The third-order valence-electron chi connectivity index (χ3n) is 6.18. The van der Waals surface area contributed by atoms with E-state index in [1.165, 1.54) is 0 Å². The average Bonchev–Trinajstić information content (AvgIpc) is 3.06. The molecule has 1 unspecified atom stereocenters. The number of aliphatic hydroxyl groups is 2. The highest BCUT2D eigenvalue weighted by Gasteiger charge is 2.62. The van der Waals surface area contributed by atoms with E-state index in [-0.39, 0.29) is 17.9 Å². The van der Waals surface area contributed by atoms with Crippen LogP contribution in [0.5, 0.6) is 0 Å². The van der Waals surface area contributed by atoms with E-state index in [4.69, 9.17) is 11.6 Å². The fraction of sp³-hybridized carbons (Fsp3) is 0.333. The van der Waals surface area contributed by atoms with Gasteiger partial charge in [-0.2, -0.15) is 5.10 Å². The molecule has 4 N–H and O–H groups in total. The molecule has 0 radical (unpaired) electrons. The number of aliphatic hydroxyl groups excluding tert-OH is 1. The van der Waals surface area contributed by atoms with Gasteiger partial charge in [-0.25, -0.2) is 0 Å². The predicted octanol–water partition coefficient (Wildman–Crippen LogP) is 2.66. The summed E-state index contributed by atoms with van der Waals surface area (Å²) < 4.78 is 0. The fourth-order valence-corrected chi connectivity index (χ4v) is 4.95. The van der Waals surface area contributed by atoms with Gasteiger partial charge in [-0.15, -0.1) is 0 Å². The summed E-state index contributed by atoms with van der Waals surface area (Å²) in [5, 5.41) is 32.8. The number of aromatic amines is 1. The smallest absolute Gasteiger partial charge is 0.253 e. The Morgan fingerprint density at radius 2 is 1.96 bits per heavy atom. The van der Waals surface area contributed by atoms with Crippen LogP contribution in [0, 0.1) is 11.8 Å². The molecule has 1 aromatic heterocycles. The Labute approximate surface area is 166 Å². The summed E-state index contributed by atoms with van der Waals surface area (Å²) in [4.78, 5) is 12.4. The third-order valence-corrected chi connectivity index (χ3v) is 6.39. The Kier molecular flexibility index (Phi) is 3.98. The summed E-state index contributed by atoms with van der Waals surface area (Å²) in [6.45, 7) is 0. The van der Waals surface area contributed by atoms with Crippen molar-refractivity contribution in [3.8, 4) is 0 Å². The van der Waals surface area contributed by atoms with Gasteiger partial charge in [-0.05, 0) is 47.9 Å². The number of carbonyl (C=O) groups is 1. The van der Waals surface area contributed by atoms with Gasteiger partial charge < -0.3 is 15.5 Å². The Morgan fingerprint density at radius 1 is 1.25 bits per heavy atom. The highest BCUT2D eigenvalue weighted by Crippen LogP contribution is 2.60. The molecule has 1 heterocycles. The number of aromatic nitrogens is 2. The summed E-state index contributed by atoms with van der Waals surface area (Å²) in [5.41, 5.74) is 1.17. The van der Waals surface area contributed by atoms with E-state index in [0.29, 0.717) is 23.4 Å². The van der Waals surface area contributed by atoms with E-state index in [1.54, 1.807) is 42.6 Å². The first-order chi connectivity index (χ1) is 13.5. The zero-order valence-electron chi connectivity index (χ0n) is 15.0. The quantitative estimate of drug-likeness (QED) is 0.544. The number of nitrogens with zero attached hydrogens (tertiary/aromatic N) is 1. The molecule has 0 saturated heterocycles.